The number of halogens is 1. The topological polar surface area (TPSA) is 86.8 Å². The predicted octanol–water partition coefficient (Wildman–Crippen LogP) is 6.21. The Labute approximate surface area is 252 Å². The first kappa shape index (κ1) is 30.8. The third-order valence-electron chi connectivity index (χ3n) is 7.65. The fourth-order valence-corrected chi connectivity index (χ4v) is 7.13. The Hall–Kier alpha value is -3.17. The highest BCUT2D eigenvalue weighted by Gasteiger charge is 2.34. The Kier molecular flexibility index (Phi) is 10.6. The summed E-state index contributed by atoms with van der Waals surface area (Å²) in [5, 5.41) is 3.18. The van der Waals surface area contributed by atoms with Gasteiger partial charge in [0.1, 0.15) is 12.6 Å². The summed E-state index contributed by atoms with van der Waals surface area (Å²) in [7, 11) is -4.09. The van der Waals surface area contributed by atoms with E-state index >= 15 is 0 Å². The minimum Gasteiger partial charge on any atom is -0.352 e. The lowest BCUT2D eigenvalue weighted by Crippen LogP contribution is -2.54. The fourth-order valence-electron chi connectivity index (χ4n) is 5.31. The Morgan fingerprint density at radius 3 is 2.29 bits per heavy atom. The van der Waals surface area contributed by atoms with Crippen LogP contribution in [-0.2, 0) is 26.2 Å². The third-order valence-corrected chi connectivity index (χ3v) is 9.93. The van der Waals surface area contributed by atoms with Crippen LogP contribution < -0.4 is 9.62 Å². The number of hydrogen-bond acceptors (Lipinski definition) is 4. The van der Waals surface area contributed by atoms with Crippen molar-refractivity contribution in [1.29, 1.82) is 0 Å². The standard InChI is InChI=1S/C32H38BrN3O4S/c1-3-30(32(38)34-27-16-6-4-7-17-27)35(22-25-14-11-10-13-24(25)2)31(37)23-36(28-18-12-15-26(33)21-28)41(39,40)29-19-8-5-9-20-29/h5,8-15,18-21,27,30H,3-4,6-7,16-17,22-23H2,1-2H3,(H,34,38)/t30-/m0/s1. The third kappa shape index (κ3) is 7.77. The highest BCUT2D eigenvalue weighted by atomic mass is 79.9. The molecule has 0 spiro atoms. The van der Waals surface area contributed by atoms with Crippen molar-refractivity contribution < 1.29 is 18.0 Å². The molecule has 0 bridgehead atoms. The molecule has 9 heteroatoms. The summed E-state index contributed by atoms with van der Waals surface area (Å²) in [4.78, 5) is 29.5. The lowest BCUT2D eigenvalue weighted by atomic mass is 9.95. The van der Waals surface area contributed by atoms with E-state index in [9.17, 15) is 18.0 Å². The van der Waals surface area contributed by atoms with E-state index in [0.717, 1.165) is 41.1 Å². The number of sulfonamides is 1. The van der Waals surface area contributed by atoms with Crippen LogP contribution in [0.25, 0.3) is 0 Å². The molecule has 0 saturated heterocycles. The first-order valence-electron chi connectivity index (χ1n) is 14.2. The van der Waals surface area contributed by atoms with Crippen LogP contribution >= 0.6 is 15.9 Å². The molecule has 0 radical (unpaired) electrons. The normalized spacial score (nSPS) is 14.7. The number of hydrogen-bond donors (Lipinski definition) is 1. The summed E-state index contributed by atoms with van der Waals surface area (Å²) in [6.45, 7) is 3.59. The number of aryl methyl sites for hydroxylation is 1. The van der Waals surface area contributed by atoms with Gasteiger partial charge in [-0.05, 0) is 67.6 Å². The number of carbonyl (C=O) groups excluding carboxylic acids is 2. The van der Waals surface area contributed by atoms with Crippen LogP contribution in [0.5, 0.6) is 0 Å². The zero-order chi connectivity index (χ0) is 29.4. The van der Waals surface area contributed by atoms with Crippen LogP contribution in [0.4, 0.5) is 5.69 Å². The van der Waals surface area contributed by atoms with Gasteiger partial charge in [0.05, 0.1) is 10.6 Å². The van der Waals surface area contributed by atoms with Gasteiger partial charge in [-0.25, -0.2) is 8.42 Å². The maximum absolute atomic E-state index is 14.2. The van der Waals surface area contributed by atoms with Crippen LogP contribution in [-0.4, -0.2) is 43.8 Å². The molecule has 0 unspecified atom stereocenters. The number of benzene rings is 3. The molecule has 0 aromatic heterocycles. The zero-order valence-electron chi connectivity index (χ0n) is 23.6. The number of carbonyl (C=O) groups is 2. The molecule has 1 saturated carbocycles. The Morgan fingerprint density at radius 1 is 0.951 bits per heavy atom. The van der Waals surface area contributed by atoms with Gasteiger partial charge in [0.25, 0.3) is 10.0 Å². The maximum atomic E-state index is 14.2. The molecule has 4 rings (SSSR count). The van der Waals surface area contributed by atoms with Crippen LogP contribution in [0, 0.1) is 6.92 Å². The van der Waals surface area contributed by atoms with E-state index < -0.39 is 28.5 Å². The van der Waals surface area contributed by atoms with E-state index in [1.807, 2.05) is 38.1 Å². The molecule has 3 aromatic rings. The lowest BCUT2D eigenvalue weighted by Gasteiger charge is -2.34. The molecule has 1 N–H and O–H groups in total. The fraction of sp³-hybridized carbons (Fsp3) is 0.375. The largest absolute Gasteiger partial charge is 0.352 e. The molecule has 0 aliphatic heterocycles. The monoisotopic (exact) mass is 639 g/mol. The summed E-state index contributed by atoms with van der Waals surface area (Å²) < 4.78 is 29.6. The van der Waals surface area contributed by atoms with Gasteiger partial charge in [0.15, 0.2) is 0 Å². The molecule has 1 aliphatic carbocycles. The Balaban J connectivity index is 1.71. The highest BCUT2D eigenvalue weighted by molar-refractivity contribution is 9.10. The first-order valence-corrected chi connectivity index (χ1v) is 16.4. The Bertz CT molecular complexity index is 1440. The van der Waals surface area contributed by atoms with Crippen molar-refractivity contribution in [3.63, 3.8) is 0 Å². The molecule has 0 heterocycles. The lowest BCUT2D eigenvalue weighted by molar-refractivity contribution is -0.140. The predicted molar refractivity (Wildman–Crippen MR) is 166 cm³/mol. The van der Waals surface area contributed by atoms with Crippen molar-refractivity contribution in [3.05, 3.63) is 94.5 Å². The first-order chi connectivity index (χ1) is 19.7. The van der Waals surface area contributed by atoms with Crippen LogP contribution in [0.1, 0.15) is 56.6 Å². The van der Waals surface area contributed by atoms with Crippen LogP contribution in [0.15, 0.2) is 88.2 Å². The van der Waals surface area contributed by atoms with Gasteiger partial charge < -0.3 is 10.2 Å². The molecule has 41 heavy (non-hydrogen) atoms. The van der Waals surface area contributed by atoms with E-state index in [1.165, 1.54) is 18.6 Å². The van der Waals surface area contributed by atoms with E-state index in [4.69, 9.17) is 0 Å². The van der Waals surface area contributed by atoms with Crippen molar-refractivity contribution in [1.82, 2.24) is 10.2 Å². The summed E-state index contributed by atoms with van der Waals surface area (Å²) in [5.41, 5.74) is 2.26. The van der Waals surface area contributed by atoms with E-state index in [-0.39, 0.29) is 23.4 Å². The average Bonchev–Trinajstić information content (AvgIpc) is 2.97. The second kappa shape index (κ2) is 14.1. The number of rotatable bonds is 11. The van der Waals surface area contributed by atoms with Crippen LogP contribution in [0.2, 0.25) is 0 Å². The molecule has 7 nitrogen and oxygen atoms in total. The van der Waals surface area contributed by atoms with Gasteiger partial charge in [-0.2, -0.15) is 0 Å². The zero-order valence-corrected chi connectivity index (χ0v) is 26.0. The van der Waals surface area contributed by atoms with Crippen molar-refractivity contribution in [2.45, 2.75) is 75.9 Å². The number of nitrogens with one attached hydrogen (secondary N) is 1. The number of nitrogens with zero attached hydrogens (tertiary/aromatic N) is 2. The van der Waals surface area contributed by atoms with Gasteiger partial charge in [0, 0.05) is 17.1 Å². The molecule has 1 aliphatic rings. The van der Waals surface area contributed by atoms with Crippen molar-refractivity contribution >= 4 is 43.5 Å². The molecule has 218 valence electrons. The number of anilines is 1. The molecule has 2 amide bonds. The van der Waals surface area contributed by atoms with E-state index in [1.54, 1.807) is 47.4 Å². The van der Waals surface area contributed by atoms with Crippen LogP contribution in [0.3, 0.4) is 0 Å². The van der Waals surface area contributed by atoms with E-state index in [0.29, 0.717) is 16.6 Å². The summed E-state index contributed by atoms with van der Waals surface area (Å²) in [5.74, 6) is -0.639. The second-order valence-corrected chi connectivity index (χ2v) is 13.3. The minimum absolute atomic E-state index is 0.0836. The van der Waals surface area contributed by atoms with Gasteiger partial charge in [-0.1, -0.05) is 90.6 Å². The van der Waals surface area contributed by atoms with Gasteiger partial charge in [-0.3, -0.25) is 13.9 Å². The summed E-state index contributed by atoms with van der Waals surface area (Å²) in [6, 6.07) is 22.0. The highest BCUT2D eigenvalue weighted by Crippen LogP contribution is 2.27. The number of amides is 2. The quantitative estimate of drug-likeness (QED) is 0.270. The molecular formula is C32H38BrN3O4S. The molecule has 1 atom stereocenters. The van der Waals surface area contributed by atoms with Gasteiger partial charge >= 0.3 is 0 Å². The van der Waals surface area contributed by atoms with Crippen molar-refractivity contribution in [2.75, 3.05) is 10.8 Å². The van der Waals surface area contributed by atoms with Gasteiger partial charge in [0.2, 0.25) is 11.8 Å². The summed E-state index contributed by atoms with van der Waals surface area (Å²) >= 11 is 3.43. The molecule has 1 fully saturated rings. The summed E-state index contributed by atoms with van der Waals surface area (Å²) in [6.07, 6.45) is 5.58. The second-order valence-electron chi connectivity index (χ2n) is 10.5. The van der Waals surface area contributed by atoms with E-state index in [2.05, 4.69) is 21.2 Å². The molecular weight excluding hydrogens is 602 g/mol. The minimum atomic E-state index is -4.09. The molecule has 3 aromatic carbocycles. The van der Waals surface area contributed by atoms with Crippen molar-refractivity contribution in [2.24, 2.45) is 0 Å². The maximum Gasteiger partial charge on any atom is 0.264 e. The Morgan fingerprint density at radius 2 is 1.63 bits per heavy atom. The smallest absolute Gasteiger partial charge is 0.264 e. The van der Waals surface area contributed by atoms with Gasteiger partial charge in [-0.15, -0.1) is 0 Å². The SMILES string of the molecule is CC[C@@H](C(=O)NC1CCCCC1)N(Cc1ccccc1C)C(=O)CN(c1cccc(Br)c1)S(=O)(=O)c1ccccc1. The van der Waals surface area contributed by atoms with Crippen molar-refractivity contribution in [3.8, 4) is 0 Å². The average molecular weight is 641 g/mol.